The average molecular weight is 348 g/mol. The molecule has 1 aromatic rings. The minimum absolute atomic E-state index is 0.00815. The van der Waals surface area contributed by atoms with Crippen LogP contribution in [-0.4, -0.2) is 55.8 Å². The molecule has 2 N–H and O–H groups in total. The Balaban J connectivity index is 2.68. The van der Waals surface area contributed by atoms with Gasteiger partial charge in [-0.2, -0.15) is 0 Å². The zero-order valence-electron chi connectivity index (χ0n) is 15.8. The highest BCUT2D eigenvalue weighted by Gasteiger charge is 2.26. The molecule has 1 aromatic carbocycles. The Bertz CT molecular complexity index is 639. The van der Waals surface area contributed by atoms with Crippen molar-refractivity contribution < 1.29 is 14.4 Å². The Kier molecular flexibility index (Phi) is 6.97. The van der Waals surface area contributed by atoms with E-state index in [2.05, 4.69) is 10.6 Å². The highest BCUT2D eigenvalue weighted by atomic mass is 16.2. The fourth-order valence-corrected chi connectivity index (χ4v) is 2.18. The van der Waals surface area contributed by atoms with Crippen LogP contribution < -0.4 is 10.6 Å². The Morgan fingerprint density at radius 2 is 1.48 bits per heavy atom. The molecule has 4 amide bonds. The first-order chi connectivity index (χ1) is 11.5. The van der Waals surface area contributed by atoms with E-state index in [1.54, 1.807) is 52.5 Å². The summed E-state index contributed by atoms with van der Waals surface area (Å²) in [5.74, 6) is -0.182. The summed E-state index contributed by atoms with van der Waals surface area (Å²) in [5.41, 5.74) is 0.747. The number of benzene rings is 1. The monoisotopic (exact) mass is 348 g/mol. The van der Waals surface area contributed by atoms with Gasteiger partial charge in [0.2, 0.25) is 11.8 Å². The normalized spacial score (nSPS) is 10.8. The third-order valence-corrected chi connectivity index (χ3v) is 3.57. The first-order valence-electron chi connectivity index (χ1n) is 8.08. The van der Waals surface area contributed by atoms with Gasteiger partial charge in [-0.15, -0.1) is 0 Å². The van der Waals surface area contributed by atoms with Crippen LogP contribution in [0.4, 0.5) is 16.2 Å². The number of rotatable bonds is 6. The minimum atomic E-state index is -0.442. The second kappa shape index (κ2) is 8.50. The molecule has 0 aliphatic rings. The van der Waals surface area contributed by atoms with E-state index in [-0.39, 0.29) is 24.3 Å². The molecular weight excluding hydrogens is 320 g/mol. The van der Waals surface area contributed by atoms with E-state index in [1.807, 2.05) is 13.8 Å². The Labute approximate surface area is 149 Å². The van der Waals surface area contributed by atoms with Crippen LogP contribution in [0.25, 0.3) is 0 Å². The molecule has 1 rings (SSSR count). The van der Waals surface area contributed by atoms with Gasteiger partial charge in [0.1, 0.15) is 0 Å². The Hall–Kier alpha value is -2.57. The Morgan fingerprint density at radius 3 is 2.00 bits per heavy atom. The second-order valence-electron chi connectivity index (χ2n) is 7.26. The predicted octanol–water partition coefficient (Wildman–Crippen LogP) is 2.61. The first-order valence-corrected chi connectivity index (χ1v) is 8.08. The lowest BCUT2D eigenvalue weighted by molar-refractivity contribution is -0.131. The molecule has 0 bridgehead atoms. The van der Waals surface area contributed by atoms with Gasteiger partial charge in [-0.05, 0) is 23.6 Å². The number of urea groups is 1. The standard InChI is InChI=1S/C18H28N4O3/c1-18(2,12-16(24)21(3)4)11-15(23)19-13-8-7-9-14(10-13)20-17(25)22(5)6/h7-10H,11-12H2,1-6H3,(H,19,23)(H,20,25). The molecule has 0 fully saturated rings. The van der Waals surface area contributed by atoms with Crippen LogP contribution in [0.2, 0.25) is 0 Å². The lowest BCUT2D eigenvalue weighted by atomic mass is 9.85. The summed E-state index contributed by atoms with van der Waals surface area (Å²) in [6.07, 6.45) is 0.521. The van der Waals surface area contributed by atoms with Gasteiger partial charge < -0.3 is 20.4 Å². The zero-order chi connectivity index (χ0) is 19.2. The molecule has 138 valence electrons. The lowest BCUT2D eigenvalue weighted by Gasteiger charge is -2.25. The van der Waals surface area contributed by atoms with Gasteiger partial charge in [0.25, 0.3) is 0 Å². The molecule has 7 nitrogen and oxygen atoms in total. The predicted molar refractivity (Wildman–Crippen MR) is 99.5 cm³/mol. The molecular formula is C18H28N4O3. The number of hydrogen-bond acceptors (Lipinski definition) is 3. The van der Waals surface area contributed by atoms with E-state index in [4.69, 9.17) is 0 Å². The summed E-state index contributed by atoms with van der Waals surface area (Å²) in [4.78, 5) is 38.8. The largest absolute Gasteiger partial charge is 0.349 e. The van der Waals surface area contributed by atoms with Crippen LogP contribution in [0.3, 0.4) is 0 Å². The van der Waals surface area contributed by atoms with Crippen LogP contribution in [0.15, 0.2) is 24.3 Å². The summed E-state index contributed by atoms with van der Waals surface area (Å²) >= 11 is 0. The van der Waals surface area contributed by atoms with Gasteiger partial charge in [-0.1, -0.05) is 19.9 Å². The maximum Gasteiger partial charge on any atom is 0.321 e. The summed E-state index contributed by atoms with van der Waals surface area (Å²) in [6.45, 7) is 3.78. The van der Waals surface area contributed by atoms with Gasteiger partial charge in [0.05, 0.1) is 0 Å². The molecule has 0 spiro atoms. The van der Waals surface area contributed by atoms with E-state index in [9.17, 15) is 14.4 Å². The molecule has 0 saturated carbocycles. The van der Waals surface area contributed by atoms with Crippen LogP contribution in [0, 0.1) is 5.41 Å². The summed E-state index contributed by atoms with van der Waals surface area (Å²) in [5, 5.41) is 5.54. The highest BCUT2D eigenvalue weighted by molar-refractivity contribution is 5.94. The number of anilines is 2. The maximum absolute atomic E-state index is 12.3. The fourth-order valence-electron chi connectivity index (χ4n) is 2.18. The number of hydrogen-bond donors (Lipinski definition) is 2. The van der Waals surface area contributed by atoms with Crippen molar-refractivity contribution in [2.75, 3.05) is 38.8 Å². The molecule has 0 aliphatic heterocycles. The van der Waals surface area contributed by atoms with Crippen molar-refractivity contribution in [3.05, 3.63) is 24.3 Å². The van der Waals surface area contributed by atoms with Crippen LogP contribution in [0.5, 0.6) is 0 Å². The molecule has 0 aliphatic carbocycles. The molecule has 25 heavy (non-hydrogen) atoms. The quantitative estimate of drug-likeness (QED) is 0.829. The van der Waals surface area contributed by atoms with E-state index >= 15 is 0 Å². The van der Waals surface area contributed by atoms with Gasteiger partial charge in [0.15, 0.2) is 0 Å². The van der Waals surface area contributed by atoms with Crippen LogP contribution in [-0.2, 0) is 9.59 Å². The smallest absolute Gasteiger partial charge is 0.321 e. The van der Waals surface area contributed by atoms with Gasteiger partial charge in [0, 0.05) is 52.4 Å². The summed E-state index contributed by atoms with van der Waals surface area (Å²) in [7, 11) is 6.70. The average Bonchev–Trinajstić information content (AvgIpc) is 2.45. The van der Waals surface area contributed by atoms with Crippen molar-refractivity contribution >= 4 is 29.2 Å². The van der Waals surface area contributed by atoms with Gasteiger partial charge in [-0.3, -0.25) is 9.59 Å². The maximum atomic E-state index is 12.3. The number of nitrogens with one attached hydrogen (secondary N) is 2. The van der Waals surface area contributed by atoms with E-state index in [0.717, 1.165) is 0 Å². The first kappa shape index (κ1) is 20.5. The lowest BCUT2D eigenvalue weighted by Crippen LogP contribution is -2.30. The molecule has 0 aromatic heterocycles. The van der Waals surface area contributed by atoms with E-state index in [1.165, 1.54) is 9.80 Å². The number of nitrogens with zero attached hydrogens (tertiary/aromatic N) is 2. The third kappa shape index (κ3) is 7.24. The SMILES string of the molecule is CN(C)C(=O)CC(C)(C)CC(=O)Nc1cccc(NC(=O)N(C)C)c1. The number of carbonyl (C=O) groups excluding carboxylic acids is 3. The minimum Gasteiger partial charge on any atom is -0.349 e. The van der Waals surface area contributed by atoms with Gasteiger partial charge in [-0.25, -0.2) is 4.79 Å². The van der Waals surface area contributed by atoms with Crippen molar-refractivity contribution in [1.82, 2.24) is 9.80 Å². The zero-order valence-corrected chi connectivity index (χ0v) is 15.8. The number of carbonyl (C=O) groups is 3. The number of amides is 4. The fraction of sp³-hybridized carbons (Fsp3) is 0.500. The molecule has 0 heterocycles. The van der Waals surface area contributed by atoms with Crippen molar-refractivity contribution in [1.29, 1.82) is 0 Å². The summed E-state index contributed by atoms with van der Waals surface area (Å²) < 4.78 is 0. The molecule has 0 atom stereocenters. The second-order valence-corrected chi connectivity index (χ2v) is 7.26. The highest BCUT2D eigenvalue weighted by Crippen LogP contribution is 2.26. The molecule has 7 heteroatoms. The van der Waals surface area contributed by atoms with E-state index < -0.39 is 5.41 Å². The Morgan fingerprint density at radius 1 is 0.920 bits per heavy atom. The molecule has 0 radical (unpaired) electrons. The molecule has 0 saturated heterocycles. The van der Waals surface area contributed by atoms with Gasteiger partial charge >= 0.3 is 6.03 Å². The summed E-state index contributed by atoms with van der Waals surface area (Å²) in [6, 6.07) is 6.70. The molecule has 0 unspecified atom stereocenters. The van der Waals surface area contributed by atoms with Crippen LogP contribution >= 0.6 is 0 Å². The third-order valence-electron chi connectivity index (χ3n) is 3.57. The van der Waals surface area contributed by atoms with Crippen molar-refractivity contribution in [2.24, 2.45) is 5.41 Å². The van der Waals surface area contributed by atoms with Crippen molar-refractivity contribution in [3.63, 3.8) is 0 Å². The topological polar surface area (TPSA) is 81.8 Å². The van der Waals surface area contributed by atoms with E-state index in [0.29, 0.717) is 17.8 Å². The van der Waals surface area contributed by atoms with Crippen molar-refractivity contribution in [3.8, 4) is 0 Å². The van der Waals surface area contributed by atoms with Crippen LogP contribution in [0.1, 0.15) is 26.7 Å². The van der Waals surface area contributed by atoms with Crippen molar-refractivity contribution in [2.45, 2.75) is 26.7 Å².